The highest BCUT2D eigenvalue weighted by molar-refractivity contribution is 8.00. The molecule has 4 aliphatic rings. The molecule has 212 valence electrons. The number of fused-ring (bicyclic) bond motifs is 9. The van der Waals surface area contributed by atoms with Crippen LogP contribution in [0.2, 0.25) is 0 Å². The standard InChI is InChI=1S/C33H27FN2O4S2/c1-16-6-2-3-7-17(16)15-40-23-9-5-4-8-20(23)24-25-21-14-22(28(25)41-30-29(24)42-33(39)35-30)27-26(21)31(37)36(32(27)38)19-12-10-18(34)11-13-19/h2-13,21-22,24-28H,14-15H2,1H3,(H,35,39)/t21?,22?,24-,25?,26?,27?,28?/m1/s1. The summed E-state index contributed by atoms with van der Waals surface area (Å²) < 4.78 is 20.1. The third kappa shape index (κ3) is 3.79. The van der Waals surface area contributed by atoms with E-state index in [4.69, 9.17) is 4.74 Å². The number of carbonyl (C=O) groups excluding carboxylic acids is 2. The van der Waals surface area contributed by atoms with Crippen molar-refractivity contribution in [2.45, 2.75) is 36.1 Å². The van der Waals surface area contributed by atoms with Crippen molar-refractivity contribution in [3.05, 3.63) is 110 Å². The lowest BCUT2D eigenvalue weighted by Crippen LogP contribution is -2.42. The van der Waals surface area contributed by atoms with Gasteiger partial charge in [-0.05, 0) is 72.6 Å². The molecule has 1 aromatic heterocycles. The minimum atomic E-state index is -0.422. The monoisotopic (exact) mass is 598 g/mol. The number of imide groups is 1. The van der Waals surface area contributed by atoms with Gasteiger partial charge in [0.05, 0.1) is 22.5 Å². The van der Waals surface area contributed by atoms with Crippen molar-refractivity contribution < 1.29 is 18.7 Å². The van der Waals surface area contributed by atoms with Gasteiger partial charge in [0.2, 0.25) is 11.8 Å². The molecule has 6 nitrogen and oxygen atoms in total. The Balaban J connectivity index is 1.19. The van der Waals surface area contributed by atoms with Crippen LogP contribution in [0.1, 0.15) is 33.9 Å². The number of hydrogen-bond acceptors (Lipinski definition) is 6. The van der Waals surface area contributed by atoms with Gasteiger partial charge >= 0.3 is 4.87 Å². The number of hydrogen-bond donors (Lipinski definition) is 1. The zero-order valence-corrected chi connectivity index (χ0v) is 24.3. The molecule has 4 aromatic rings. The molecule has 42 heavy (non-hydrogen) atoms. The number of nitrogens with zero attached hydrogens (tertiary/aromatic N) is 1. The minimum Gasteiger partial charge on any atom is -0.489 e. The van der Waals surface area contributed by atoms with Gasteiger partial charge in [-0.15, -0.1) is 11.8 Å². The lowest BCUT2D eigenvalue weighted by atomic mass is 9.68. The minimum absolute atomic E-state index is 0.0102. The van der Waals surface area contributed by atoms with E-state index >= 15 is 0 Å². The quantitative estimate of drug-likeness (QED) is 0.279. The van der Waals surface area contributed by atoms with E-state index in [0.717, 1.165) is 38.8 Å². The van der Waals surface area contributed by atoms with Crippen LogP contribution in [-0.4, -0.2) is 22.0 Å². The first kappa shape index (κ1) is 26.0. The number of rotatable bonds is 5. The van der Waals surface area contributed by atoms with Crippen LogP contribution in [0.4, 0.5) is 10.1 Å². The Morgan fingerprint density at radius 3 is 2.43 bits per heavy atom. The molecule has 8 rings (SSSR count). The Hall–Kier alpha value is -3.69. The van der Waals surface area contributed by atoms with E-state index in [2.05, 4.69) is 30.1 Å². The molecule has 3 heterocycles. The van der Waals surface area contributed by atoms with Crippen LogP contribution in [-0.2, 0) is 16.2 Å². The molecular weight excluding hydrogens is 572 g/mol. The van der Waals surface area contributed by atoms with Gasteiger partial charge in [0.15, 0.2) is 0 Å². The molecular formula is C33H27FN2O4S2. The first-order valence-electron chi connectivity index (χ1n) is 14.2. The van der Waals surface area contributed by atoms with E-state index in [-0.39, 0.29) is 45.6 Å². The summed E-state index contributed by atoms with van der Waals surface area (Å²) in [5.74, 6) is -0.924. The maximum Gasteiger partial charge on any atom is 0.305 e. The number of aromatic amines is 1. The number of anilines is 1. The van der Waals surface area contributed by atoms with Crippen LogP contribution < -0.4 is 14.5 Å². The summed E-state index contributed by atoms with van der Waals surface area (Å²) in [6, 6.07) is 21.7. The van der Waals surface area contributed by atoms with Gasteiger partial charge in [0.25, 0.3) is 0 Å². The molecule has 2 bridgehead atoms. The molecule has 9 heteroatoms. The predicted molar refractivity (Wildman–Crippen MR) is 159 cm³/mol. The zero-order chi connectivity index (χ0) is 28.7. The average molecular weight is 599 g/mol. The molecule has 1 saturated heterocycles. The van der Waals surface area contributed by atoms with E-state index in [1.54, 1.807) is 11.8 Å². The Bertz CT molecular complexity index is 1800. The number of carbonyl (C=O) groups is 2. The molecule has 0 radical (unpaired) electrons. The molecule has 1 N–H and O–H groups in total. The summed E-state index contributed by atoms with van der Waals surface area (Å²) >= 11 is 2.90. The summed E-state index contributed by atoms with van der Waals surface area (Å²) in [4.78, 5) is 45.6. The fourth-order valence-electron chi connectivity index (χ4n) is 8.01. The van der Waals surface area contributed by atoms with Gasteiger partial charge in [-0.3, -0.25) is 19.3 Å². The topological polar surface area (TPSA) is 79.5 Å². The molecule has 3 fully saturated rings. The van der Waals surface area contributed by atoms with E-state index < -0.39 is 17.7 Å². The largest absolute Gasteiger partial charge is 0.489 e. The third-order valence-corrected chi connectivity index (χ3v) is 12.3. The lowest BCUT2D eigenvalue weighted by Gasteiger charge is -2.43. The molecule has 6 unspecified atom stereocenters. The molecule has 0 spiro atoms. The third-order valence-electron chi connectivity index (χ3n) is 9.71. The fourth-order valence-corrected chi connectivity index (χ4v) is 10.9. The van der Waals surface area contributed by atoms with Gasteiger partial charge < -0.3 is 9.72 Å². The molecule has 2 saturated carbocycles. The number of H-pyrrole nitrogens is 1. The van der Waals surface area contributed by atoms with Crippen molar-refractivity contribution in [3.63, 3.8) is 0 Å². The maximum atomic E-state index is 13.9. The summed E-state index contributed by atoms with van der Waals surface area (Å²) in [7, 11) is 0. The second-order valence-corrected chi connectivity index (χ2v) is 13.9. The highest BCUT2D eigenvalue weighted by Gasteiger charge is 2.69. The molecule has 2 aliphatic heterocycles. The Morgan fingerprint density at radius 2 is 1.64 bits per heavy atom. The van der Waals surface area contributed by atoms with Crippen LogP contribution in [0.3, 0.4) is 0 Å². The van der Waals surface area contributed by atoms with Gasteiger partial charge in [-0.2, -0.15) is 0 Å². The molecule has 3 aromatic carbocycles. The van der Waals surface area contributed by atoms with Crippen LogP contribution in [0, 0.1) is 42.3 Å². The van der Waals surface area contributed by atoms with E-state index in [1.807, 2.05) is 30.3 Å². The number of halogens is 1. The summed E-state index contributed by atoms with van der Waals surface area (Å²) in [5.41, 5.74) is 3.69. The predicted octanol–water partition coefficient (Wildman–Crippen LogP) is 6.14. The number of thiazole rings is 1. The van der Waals surface area contributed by atoms with Gasteiger partial charge in [0, 0.05) is 21.6 Å². The zero-order valence-electron chi connectivity index (χ0n) is 22.7. The van der Waals surface area contributed by atoms with Crippen molar-refractivity contribution in [1.29, 1.82) is 0 Å². The van der Waals surface area contributed by atoms with Crippen molar-refractivity contribution in [3.8, 4) is 5.75 Å². The smallest absolute Gasteiger partial charge is 0.305 e. The second kappa shape index (κ2) is 9.67. The van der Waals surface area contributed by atoms with Crippen molar-refractivity contribution in [1.82, 2.24) is 4.98 Å². The number of thioether (sulfide) groups is 1. The Kier molecular flexibility index (Phi) is 5.98. The van der Waals surface area contributed by atoms with Crippen molar-refractivity contribution in [2.24, 2.45) is 29.6 Å². The van der Waals surface area contributed by atoms with Crippen LogP contribution in [0.15, 0.2) is 82.6 Å². The fraction of sp³-hybridized carbons (Fsp3) is 0.303. The van der Waals surface area contributed by atoms with Gasteiger partial charge in [-0.25, -0.2) is 4.39 Å². The van der Waals surface area contributed by atoms with E-state index in [9.17, 15) is 18.8 Å². The van der Waals surface area contributed by atoms with E-state index in [1.165, 1.54) is 40.5 Å². The number of benzene rings is 3. The highest BCUT2D eigenvalue weighted by atomic mass is 32.2. The summed E-state index contributed by atoms with van der Waals surface area (Å²) in [6.07, 6.45) is 0.800. The SMILES string of the molecule is Cc1ccccc1COc1ccccc1[C@H]1c2sc(=O)[nH]c2SC2C3CC(C4C(=O)N(c5ccc(F)cc5)C(=O)C34)C21. The number of ether oxygens (including phenoxy) is 1. The Morgan fingerprint density at radius 1 is 0.929 bits per heavy atom. The Labute approximate surface area is 249 Å². The van der Waals surface area contributed by atoms with Crippen LogP contribution in [0.25, 0.3) is 0 Å². The second-order valence-electron chi connectivity index (χ2n) is 11.7. The number of aryl methyl sites for hydroxylation is 1. The van der Waals surface area contributed by atoms with Crippen LogP contribution >= 0.6 is 23.1 Å². The number of nitrogens with one attached hydrogen (secondary N) is 1. The van der Waals surface area contributed by atoms with Crippen molar-refractivity contribution >= 4 is 40.6 Å². The summed E-state index contributed by atoms with van der Waals surface area (Å²) in [6.45, 7) is 2.49. The number of amides is 2. The first-order chi connectivity index (χ1) is 20.4. The van der Waals surface area contributed by atoms with Gasteiger partial charge in [-0.1, -0.05) is 53.8 Å². The molecule has 7 atom stereocenters. The maximum absolute atomic E-state index is 13.9. The lowest BCUT2D eigenvalue weighted by molar-refractivity contribution is -0.123. The highest BCUT2D eigenvalue weighted by Crippen LogP contribution is 2.69. The number of aromatic nitrogens is 1. The van der Waals surface area contributed by atoms with Crippen LogP contribution in [0.5, 0.6) is 5.75 Å². The molecule has 2 aliphatic carbocycles. The normalized spacial score (nSPS) is 29.0. The average Bonchev–Trinajstić information content (AvgIpc) is 3.72. The van der Waals surface area contributed by atoms with Gasteiger partial charge in [0.1, 0.15) is 18.2 Å². The first-order valence-corrected chi connectivity index (χ1v) is 15.9. The number of para-hydroxylation sites is 1. The van der Waals surface area contributed by atoms with Crippen molar-refractivity contribution in [2.75, 3.05) is 4.90 Å². The summed E-state index contributed by atoms with van der Waals surface area (Å²) in [5, 5.41) is 0.939. The van der Waals surface area contributed by atoms with E-state index in [0.29, 0.717) is 12.3 Å². The molecule has 2 amide bonds.